The number of thiazole rings is 1. The molecule has 0 spiro atoms. The molecule has 0 aliphatic rings. The van der Waals surface area contributed by atoms with E-state index in [9.17, 15) is 14.9 Å². The predicted octanol–water partition coefficient (Wildman–Crippen LogP) is 3.60. The number of benzene rings is 2. The van der Waals surface area contributed by atoms with E-state index < -0.39 is 4.92 Å². The van der Waals surface area contributed by atoms with E-state index in [1.54, 1.807) is 18.2 Å². The van der Waals surface area contributed by atoms with Gasteiger partial charge < -0.3 is 4.57 Å². The topological polar surface area (TPSA) is 77.5 Å². The summed E-state index contributed by atoms with van der Waals surface area (Å²) < 4.78 is 2.96. The molecule has 1 amide bonds. The lowest BCUT2D eigenvalue weighted by molar-refractivity contribution is -0.384. The Balaban J connectivity index is 1.85. The predicted molar refractivity (Wildman–Crippen MR) is 98.2 cm³/mol. The van der Waals surface area contributed by atoms with Crippen molar-refractivity contribution in [1.29, 1.82) is 0 Å². The van der Waals surface area contributed by atoms with Crippen LogP contribution in [0.3, 0.4) is 0 Å². The highest BCUT2D eigenvalue weighted by molar-refractivity contribution is 7.16. The third kappa shape index (κ3) is 3.72. The minimum Gasteiger partial charge on any atom is -0.319 e. The smallest absolute Gasteiger partial charge is 0.272 e. The summed E-state index contributed by atoms with van der Waals surface area (Å²) in [5.41, 5.74) is 2.90. The number of hydrogen-bond donors (Lipinski definition) is 0. The molecule has 0 atom stereocenters. The van der Waals surface area contributed by atoms with Crippen LogP contribution in [0.4, 0.5) is 5.69 Å². The number of rotatable bonds is 3. The molecule has 2 aromatic carbocycles. The minimum absolute atomic E-state index is 0.0146. The normalized spacial score (nSPS) is 12.2. The Morgan fingerprint density at radius 3 is 2.64 bits per heavy atom. The van der Waals surface area contributed by atoms with Crippen LogP contribution < -0.4 is 4.80 Å². The van der Waals surface area contributed by atoms with E-state index >= 15 is 0 Å². The van der Waals surface area contributed by atoms with Crippen LogP contribution in [0.1, 0.15) is 11.1 Å². The lowest BCUT2D eigenvalue weighted by atomic mass is 10.2. The van der Waals surface area contributed by atoms with E-state index in [1.165, 1.54) is 29.5 Å². The fourth-order valence-corrected chi connectivity index (χ4v) is 3.48. The standard InChI is InChI=1S/C18H15N3O3S/c1-12-3-9-15-16(11-12)25-18(20(15)2)19-17(22)10-6-13-4-7-14(8-5-13)21(23)24/h3-11H,1-2H3. The lowest BCUT2D eigenvalue weighted by Crippen LogP contribution is -2.12. The van der Waals surface area contributed by atoms with Crippen molar-refractivity contribution < 1.29 is 9.72 Å². The van der Waals surface area contributed by atoms with Gasteiger partial charge in [-0.3, -0.25) is 14.9 Å². The molecule has 126 valence electrons. The number of hydrogen-bond acceptors (Lipinski definition) is 4. The van der Waals surface area contributed by atoms with Gasteiger partial charge in [0.15, 0.2) is 4.80 Å². The summed E-state index contributed by atoms with van der Waals surface area (Å²) >= 11 is 1.46. The van der Waals surface area contributed by atoms with Crippen molar-refractivity contribution in [2.24, 2.45) is 12.0 Å². The monoisotopic (exact) mass is 353 g/mol. The summed E-state index contributed by atoms with van der Waals surface area (Å²) in [6.07, 6.45) is 2.95. The maximum absolute atomic E-state index is 12.1. The van der Waals surface area contributed by atoms with Crippen LogP contribution in [-0.2, 0) is 11.8 Å². The zero-order valence-electron chi connectivity index (χ0n) is 13.7. The maximum Gasteiger partial charge on any atom is 0.272 e. The Hall–Kier alpha value is -3.06. The van der Waals surface area contributed by atoms with E-state index in [2.05, 4.69) is 11.1 Å². The molecule has 0 radical (unpaired) electrons. The van der Waals surface area contributed by atoms with Gasteiger partial charge >= 0.3 is 0 Å². The van der Waals surface area contributed by atoms with E-state index in [0.29, 0.717) is 10.4 Å². The van der Waals surface area contributed by atoms with Crippen LogP contribution in [0.5, 0.6) is 0 Å². The summed E-state index contributed by atoms with van der Waals surface area (Å²) in [6.45, 7) is 2.02. The van der Waals surface area contributed by atoms with E-state index in [1.807, 2.05) is 30.7 Å². The van der Waals surface area contributed by atoms with Crippen molar-refractivity contribution in [2.75, 3.05) is 0 Å². The van der Waals surface area contributed by atoms with Crippen molar-refractivity contribution in [2.45, 2.75) is 6.92 Å². The first-order chi connectivity index (χ1) is 11.9. The fraction of sp³-hybridized carbons (Fsp3) is 0.111. The summed E-state index contributed by atoms with van der Waals surface area (Å²) in [7, 11) is 1.88. The van der Waals surface area contributed by atoms with Gasteiger partial charge in [0.2, 0.25) is 0 Å². The zero-order valence-corrected chi connectivity index (χ0v) is 14.5. The molecular weight excluding hydrogens is 338 g/mol. The molecule has 0 aliphatic carbocycles. The Kier molecular flexibility index (Phi) is 4.58. The third-order valence-electron chi connectivity index (χ3n) is 3.69. The number of aromatic nitrogens is 1. The molecule has 3 rings (SSSR count). The van der Waals surface area contributed by atoms with Gasteiger partial charge in [0.1, 0.15) is 0 Å². The van der Waals surface area contributed by atoms with Crippen LogP contribution in [0.2, 0.25) is 0 Å². The second-order valence-electron chi connectivity index (χ2n) is 5.55. The van der Waals surface area contributed by atoms with Gasteiger partial charge in [-0.2, -0.15) is 4.99 Å². The van der Waals surface area contributed by atoms with Gasteiger partial charge in [0.05, 0.1) is 15.1 Å². The molecule has 0 N–H and O–H groups in total. The van der Waals surface area contributed by atoms with Crippen molar-refractivity contribution in [3.05, 3.63) is 74.6 Å². The quantitative estimate of drug-likeness (QED) is 0.410. The molecule has 0 fully saturated rings. The van der Waals surface area contributed by atoms with Crippen molar-refractivity contribution >= 4 is 39.2 Å². The molecule has 0 saturated heterocycles. The SMILES string of the molecule is Cc1ccc2c(c1)sc(=NC(=O)C=Cc1ccc([N+](=O)[O-])cc1)n2C. The molecule has 1 aromatic heterocycles. The first kappa shape index (κ1) is 16.8. The molecule has 6 nitrogen and oxygen atoms in total. The number of nitrogens with zero attached hydrogens (tertiary/aromatic N) is 3. The van der Waals surface area contributed by atoms with E-state index in [4.69, 9.17) is 0 Å². The number of amides is 1. The molecule has 0 saturated carbocycles. The van der Waals surface area contributed by atoms with Crippen LogP contribution >= 0.6 is 11.3 Å². The Labute approximate surface area is 147 Å². The third-order valence-corrected chi connectivity index (χ3v) is 4.79. The number of carbonyl (C=O) groups is 1. The van der Waals surface area contributed by atoms with Gasteiger partial charge in [-0.1, -0.05) is 17.4 Å². The molecule has 25 heavy (non-hydrogen) atoms. The van der Waals surface area contributed by atoms with Crippen molar-refractivity contribution in [1.82, 2.24) is 4.57 Å². The number of carbonyl (C=O) groups excluding carboxylic acids is 1. The lowest BCUT2D eigenvalue weighted by Gasteiger charge is -1.95. The molecule has 0 unspecified atom stereocenters. The van der Waals surface area contributed by atoms with Crippen LogP contribution in [0.15, 0.2) is 53.5 Å². The van der Waals surface area contributed by atoms with E-state index in [0.717, 1.165) is 15.8 Å². The summed E-state index contributed by atoms with van der Waals surface area (Å²) in [6, 6.07) is 12.1. The minimum atomic E-state index is -0.461. The van der Waals surface area contributed by atoms with Crippen LogP contribution in [0.25, 0.3) is 16.3 Å². The number of non-ortho nitro benzene ring substituents is 1. The number of nitro benzene ring substituents is 1. The molecule has 0 aliphatic heterocycles. The van der Waals surface area contributed by atoms with Gasteiger partial charge in [0.25, 0.3) is 11.6 Å². The van der Waals surface area contributed by atoms with Gasteiger partial charge in [-0.15, -0.1) is 0 Å². The Morgan fingerprint density at radius 2 is 1.96 bits per heavy atom. The number of aryl methyl sites for hydroxylation is 2. The average molecular weight is 353 g/mol. The van der Waals surface area contributed by atoms with Crippen LogP contribution in [0, 0.1) is 17.0 Å². The summed E-state index contributed by atoms with van der Waals surface area (Å²) in [5, 5.41) is 10.6. The molecule has 1 heterocycles. The molecule has 3 aromatic rings. The highest BCUT2D eigenvalue weighted by Gasteiger charge is 2.05. The number of fused-ring (bicyclic) bond motifs is 1. The van der Waals surface area contributed by atoms with E-state index in [-0.39, 0.29) is 11.6 Å². The Bertz CT molecular complexity index is 1060. The highest BCUT2D eigenvalue weighted by atomic mass is 32.1. The maximum atomic E-state index is 12.1. The Morgan fingerprint density at radius 1 is 1.24 bits per heavy atom. The van der Waals surface area contributed by atoms with Crippen LogP contribution in [-0.4, -0.2) is 15.4 Å². The van der Waals surface area contributed by atoms with Crippen molar-refractivity contribution in [3.63, 3.8) is 0 Å². The molecule has 7 heteroatoms. The van der Waals surface area contributed by atoms with Gasteiger partial charge in [-0.05, 0) is 48.4 Å². The zero-order chi connectivity index (χ0) is 18.0. The second-order valence-corrected chi connectivity index (χ2v) is 6.56. The van der Waals surface area contributed by atoms with Gasteiger partial charge in [-0.25, -0.2) is 0 Å². The average Bonchev–Trinajstić information content (AvgIpc) is 2.88. The first-order valence-electron chi connectivity index (χ1n) is 7.51. The molecular formula is C18H15N3O3S. The fourth-order valence-electron chi connectivity index (χ4n) is 2.35. The molecule has 0 bridgehead atoms. The summed E-state index contributed by atoms with van der Waals surface area (Å²) in [5.74, 6) is -0.378. The largest absolute Gasteiger partial charge is 0.319 e. The summed E-state index contributed by atoms with van der Waals surface area (Å²) in [4.78, 5) is 27.0. The van der Waals surface area contributed by atoms with Crippen molar-refractivity contribution in [3.8, 4) is 0 Å². The first-order valence-corrected chi connectivity index (χ1v) is 8.33. The highest BCUT2D eigenvalue weighted by Crippen LogP contribution is 2.18. The van der Waals surface area contributed by atoms with Gasteiger partial charge in [0, 0.05) is 25.3 Å². The second kappa shape index (κ2) is 6.82. The number of nitro groups is 1.